The van der Waals surface area contributed by atoms with E-state index in [0.717, 1.165) is 55.0 Å². The van der Waals surface area contributed by atoms with Crippen molar-refractivity contribution in [2.75, 3.05) is 29.5 Å². The number of piperidine rings is 1. The third kappa shape index (κ3) is 3.51. The van der Waals surface area contributed by atoms with Crippen molar-refractivity contribution in [1.29, 1.82) is 0 Å². The van der Waals surface area contributed by atoms with Crippen LogP contribution in [0.5, 0.6) is 0 Å². The Kier molecular flexibility index (Phi) is 4.90. The van der Waals surface area contributed by atoms with Gasteiger partial charge < -0.3 is 14.9 Å². The van der Waals surface area contributed by atoms with Gasteiger partial charge in [-0.1, -0.05) is 22.0 Å². The zero-order valence-electron chi connectivity index (χ0n) is 14.2. The van der Waals surface area contributed by atoms with Crippen molar-refractivity contribution in [3.05, 3.63) is 46.2 Å². The summed E-state index contributed by atoms with van der Waals surface area (Å²) in [7, 11) is 0. The van der Waals surface area contributed by atoms with Gasteiger partial charge >= 0.3 is 0 Å². The molecule has 2 aliphatic rings. The number of hydrogen-bond donors (Lipinski definition) is 1. The standard InChI is InChI=1S/C19H23BrN4O/c20-16-5-4-15-11-23(8-6-14(15)9-16)18-10-19(22-13-21-18)24-7-2-1-3-17(24)12-25/h4-5,9-10,13,17,25H,1-3,6-8,11-12H2. The molecule has 0 amide bonds. The molecule has 2 aliphatic heterocycles. The lowest BCUT2D eigenvalue weighted by Gasteiger charge is -2.36. The summed E-state index contributed by atoms with van der Waals surface area (Å²) in [5.41, 5.74) is 2.78. The lowest BCUT2D eigenvalue weighted by Crippen LogP contribution is -2.42. The Hall–Kier alpha value is -1.66. The SMILES string of the molecule is OCC1CCCCN1c1cc(N2CCc3cc(Br)ccc3C2)ncn1. The highest BCUT2D eigenvalue weighted by molar-refractivity contribution is 9.10. The topological polar surface area (TPSA) is 52.5 Å². The van der Waals surface area contributed by atoms with Crippen molar-refractivity contribution in [3.8, 4) is 0 Å². The average Bonchev–Trinajstić information content (AvgIpc) is 2.67. The van der Waals surface area contributed by atoms with Gasteiger partial charge in [-0.15, -0.1) is 0 Å². The molecule has 1 unspecified atom stereocenters. The van der Waals surface area contributed by atoms with Gasteiger partial charge in [0.05, 0.1) is 12.6 Å². The number of benzene rings is 1. The summed E-state index contributed by atoms with van der Waals surface area (Å²) in [5.74, 6) is 1.91. The summed E-state index contributed by atoms with van der Waals surface area (Å²) in [6, 6.07) is 8.78. The molecule has 1 aromatic heterocycles. The summed E-state index contributed by atoms with van der Waals surface area (Å²) in [5, 5.41) is 9.67. The van der Waals surface area contributed by atoms with Crippen LogP contribution in [0.1, 0.15) is 30.4 Å². The Balaban J connectivity index is 1.56. The van der Waals surface area contributed by atoms with E-state index in [1.54, 1.807) is 6.33 Å². The zero-order chi connectivity index (χ0) is 17.2. The van der Waals surface area contributed by atoms with Crippen LogP contribution in [0.25, 0.3) is 0 Å². The highest BCUT2D eigenvalue weighted by atomic mass is 79.9. The number of anilines is 2. The Labute approximate surface area is 156 Å². The van der Waals surface area contributed by atoms with Crippen LogP contribution < -0.4 is 9.80 Å². The molecule has 5 nitrogen and oxygen atoms in total. The van der Waals surface area contributed by atoms with Crippen LogP contribution in [0.2, 0.25) is 0 Å². The second-order valence-corrected chi connectivity index (χ2v) is 7.76. The molecule has 25 heavy (non-hydrogen) atoms. The van der Waals surface area contributed by atoms with Crippen LogP contribution in [-0.2, 0) is 13.0 Å². The van der Waals surface area contributed by atoms with E-state index in [1.807, 2.05) is 0 Å². The fourth-order valence-corrected chi connectivity index (χ4v) is 4.28. The van der Waals surface area contributed by atoms with E-state index < -0.39 is 0 Å². The smallest absolute Gasteiger partial charge is 0.134 e. The Morgan fingerprint density at radius 1 is 1.08 bits per heavy atom. The molecular weight excluding hydrogens is 380 g/mol. The van der Waals surface area contributed by atoms with E-state index in [2.05, 4.69) is 60.0 Å². The second kappa shape index (κ2) is 7.30. The lowest BCUT2D eigenvalue weighted by atomic mass is 10.00. The summed E-state index contributed by atoms with van der Waals surface area (Å²) in [6.07, 6.45) is 6.05. The van der Waals surface area contributed by atoms with Gasteiger partial charge in [-0.25, -0.2) is 9.97 Å². The van der Waals surface area contributed by atoms with Gasteiger partial charge in [-0.3, -0.25) is 0 Å². The van der Waals surface area contributed by atoms with E-state index in [1.165, 1.54) is 17.5 Å². The first-order valence-electron chi connectivity index (χ1n) is 8.96. The molecule has 132 valence electrons. The maximum atomic E-state index is 9.67. The quantitative estimate of drug-likeness (QED) is 0.854. The van der Waals surface area contributed by atoms with E-state index in [4.69, 9.17) is 0 Å². The summed E-state index contributed by atoms with van der Waals surface area (Å²) >= 11 is 3.56. The number of aliphatic hydroxyl groups is 1. The van der Waals surface area contributed by atoms with Gasteiger partial charge in [0.15, 0.2) is 0 Å². The Morgan fingerprint density at radius 3 is 2.84 bits per heavy atom. The highest BCUT2D eigenvalue weighted by Crippen LogP contribution is 2.29. The van der Waals surface area contributed by atoms with E-state index >= 15 is 0 Å². The number of fused-ring (bicyclic) bond motifs is 1. The molecule has 4 rings (SSSR count). The molecule has 0 bridgehead atoms. The molecule has 1 saturated heterocycles. The van der Waals surface area contributed by atoms with Crippen molar-refractivity contribution < 1.29 is 5.11 Å². The van der Waals surface area contributed by atoms with Gasteiger partial charge in [-0.2, -0.15) is 0 Å². The van der Waals surface area contributed by atoms with Gasteiger partial charge in [0, 0.05) is 30.2 Å². The third-order valence-electron chi connectivity index (χ3n) is 5.27. The van der Waals surface area contributed by atoms with Crippen LogP contribution in [0.4, 0.5) is 11.6 Å². The molecule has 0 saturated carbocycles. The molecule has 0 spiro atoms. The fourth-order valence-electron chi connectivity index (χ4n) is 3.88. The molecule has 0 radical (unpaired) electrons. The van der Waals surface area contributed by atoms with Crippen LogP contribution >= 0.6 is 15.9 Å². The van der Waals surface area contributed by atoms with E-state index in [0.29, 0.717) is 0 Å². The first-order valence-corrected chi connectivity index (χ1v) is 9.75. The van der Waals surface area contributed by atoms with Gasteiger partial charge in [0.1, 0.15) is 18.0 Å². The van der Waals surface area contributed by atoms with Crippen molar-refractivity contribution in [2.45, 2.75) is 38.3 Å². The highest BCUT2D eigenvalue weighted by Gasteiger charge is 2.24. The van der Waals surface area contributed by atoms with Crippen LogP contribution in [-0.4, -0.2) is 40.8 Å². The molecule has 3 heterocycles. The zero-order valence-corrected chi connectivity index (χ0v) is 15.8. The van der Waals surface area contributed by atoms with Gasteiger partial charge in [-0.05, 0) is 48.9 Å². The third-order valence-corrected chi connectivity index (χ3v) is 5.77. The summed E-state index contributed by atoms with van der Waals surface area (Å²) in [4.78, 5) is 13.6. The van der Waals surface area contributed by atoms with Crippen molar-refractivity contribution in [3.63, 3.8) is 0 Å². The molecule has 6 heteroatoms. The summed E-state index contributed by atoms with van der Waals surface area (Å²) in [6.45, 7) is 2.98. The van der Waals surface area contributed by atoms with Crippen LogP contribution in [0.15, 0.2) is 35.1 Å². The number of aromatic nitrogens is 2. The van der Waals surface area contributed by atoms with Gasteiger partial charge in [0.25, 0.3) is 0 Å². The molecule has 2 aromatic rings. The molecule has 1 atom stereocenters. The summed E-state index contributed by atoms with van der Waals surface area (Å²) < 4.78 is 1.14. The monoisotopic (exact) mass is 402 g/mol. The largest absolute Gasteiger partial charge is 0.394 e. The van der Waals surface area contributed by atoms with E-state index in [9.17, 15) is 5.11 Å². The molecule has 1 fully saturated rings. The predicted molar refractivity (Wildman–Crippen MR) is 103 cm³/mol. The Bertz CT molecular complexity index is 754. The first kappa shape index (κ1) is 16.8. The lowest BCUT2D eigenvalue weighted by molar-refractivity contribution is 0.239. The minimum Gasteiger partial charge on any atom is -0.394 e. The fraction of sp³-hybridized carbons (Fsp3) is 0.474. The van der Waals surface area contributed by atoms with Gasteiger partial charge in [0.2, 0.25) is 0 Å². The number of hydrogen-bond acceptors (Lipinski definition) is 5. The molecule has 1 aromatic carbocycles. The van der Waals surface area contributed by atoms with Crippen molar-refractivity contribution in [2.24, 2.45) is 0 Å². The normalized spacial score (nSPS) is 20.5. The Morgan fingerprint density at radius 2 is 1.96 bits per heavy atom. The maximum Gasteiger partial charge on any atom is 0.134 e. The second-order valence-electron chi connectivity index (χ2n) is 6.84. The molecular formula is C19H23BrN4O. The van der Waals surface area contributed by atoms with Crippen molar-refractivity contribution in [1.82, 2.24) is 9.97 Å². The predicted octanol–water partition coefficient (Wildman–Crippen LogP) is 3.15. The number of halogens is 1. The average molecular weight is 403 g/mol. The molecule has 0 aliphatic carbocycles. The maximum absolute atomic E-state index is 9.67. The molecule has 1 N–H and O–H groups in total. The van der Waals surface area contributed by atoms with Crippen LogP contribution in [0, 0.1) is 0 Å². The van der Waals surface area contributed by atoms with E-state index in [-0.39, 0.29) is 12.6 Å². The number of rotatable bonds is 3. The first-order chi connectivity index (χ1) is 12.2. The van der Waals surface area contributed by atoms with Crippen molar-refractivity contribution >= 4 is 27.6 Å². The minimum atomic E-state index is 0.177. The van der Waals surface area contributed by atoms with Crippen LogP contribution in [0.3, 0.4) is 0 Å². The number of aliphatic hydroxyl groups excluding tert-OH is 1. The number of nitrogens with zero attached hydrogens (tertiary/aromatic N) is 4. The minimum absolute atomic E-state index is 0.177.